The average Bonchev–Trinajstić information content (AvgIpc) is 1.60. The Morgan fingerprint density at radius 3 is 0.943 bits per heavy atom. The molecule has 0 saturated carbocycles. The van der Waals surface area contributed by atoms with E-state index in [1.54, 1.807) is 0 Å². The first-order chi connectivity index (χ1) is 43.7. The minimum absolute atomic E-state index is 0.823. The van der Waals surface area contributed by atoms with Gasteiger partial charge in [-0.25, -0.2) is 0 Å². The fraction of sp³-hybridized carbons (Fsp3) is 0. The molecule has 410 valence electrons. The summed E-state index contributed by atoms with van der Waals surface area (Å²) in [5.41, 5.74) is 18.4. The smallest absolute Gasteiger partial charge is 0.159 e. The van der Waals surface area contributed by atoms with Crippen LogP contribution in [0.2, 0.25) is 0 Å². The van der Waals surface area contributed by atoms with Crippen molar-refractivity contribution < 1.29 is 8.83 Å². The van der Waals surface area contributed by atoms with Crippen molar-refractivity contribution in [1.29, 1.82) is 0 Å². The van der Waals surface area contributed by atoms with Crippen LogP contribution in [-0.4, -0.2) is 0 Å². The number of anilines is 6. The van der Waals surface area contributed by atoms with E-state index in [0.717, 1.165) is 144 Å². The van der Waals surface area contributed by atoms with Crippen LogP contribution in [0.1, 0.15) is 0 Å². The van der Waals surface area contributed by atoms with Gasteiger partial charge in [-0.05, 0) is 137 Å². The van der Waals surface area contributed by atoms with E-state index in [-0.39, 0.29) is 0 Å². The highest BCUT2D eigenvalue weighted by molar-refractivity contribution is 6.30. The van der Waals surface area contributed by atoms with Gasteiger partial charge in [-0.3, -0.25) is 0 Å². The SMILES string of the molecule is c1ccc(-c2ccc(N(c3ccc4ccc5c(N(c6ccc(-c7ccccc7)cc6)c6cccc7c6oc6c(-c8ccccc8)cc8ccccc8c67)ccc6ccc3c4c65)c3cccc4c3oc3c(-c5ccccc5)cc5ccccc5c34)cc2)cc1. The summed E-state index contributed by atoms with van der Waals surface area (Å²) in [5, 5.41) is 16.0. The fourth-order valence-corrected chi connectivity index (χ4v) is 14.1. The predicted octanol–water partition coefficient (Wildman–Crippen LogP) is 24.3. The molecule has 16 aromatic carbocycles. The Morgan fingerprint density at radius 1 is 0.193 bits per heavy atom. The van der Waals surface area contributed by atoms with E-state index in [9.17, 15) is 0 Å². The molecular weight excluding hydrogens is 1070 g/mol. The van der Waals surface area contributed by atoms with Gasteiger partial charge in [0, 0.05) is 54.8 Å². The van der Waals surface area contributed by atoms with Crippen LogP contribution in [-0.2, 0) is 0 Å². The summed E-state index contributed by atoms with van der Waals surface area (Å²) in [6.45, 7) is 0. The zero-order chi connectivity index (χ0) is 57.8. The first kappa shape index (κ1) is 49.7. The molecule has 0 aliphatic heterocycles. The van der Waals surface area contributed by atoms with Crippen molar-refractivity contribution in [2.24, 2.45) is 0 Å². The Bertz CT molecular complexity index is 5360. The largest absolute Gasteiger partial charge is 0.453 e. The summed E-state index contributed by atoms with van der Waals surface area (Å²) in [5.74, 6) is 0. The highest BCUT2D eigenvalue weighted by Crippen LogP contribution is 2.53. The van der Waals surface area contributed by atoms with Crippen LogP contribution in [0.3, 0.4) is 0 Å². The molecule has 0 atom stereocenters. The molecule has 18 rings (SSSR count). The van der Waals surface area contributed by atoms with Gasteiger partial charge in [0.2, 0.25) is 0 Å². The van der Waals surface area contributed by atoms with Gasteiger partial charge in [0.1, 0.15) is 11.2 Å². The van der Waals surface area contributed by atoms with Crippen LogP contribution in [0.5, 0.6) is 0 Å². The van der Waals surface area contributed by atoms with Crippen molar-refractivity contribution in [1.82, 2.24) is 0 Å². The van der Waals surface area contributed by atoms with E-state index < -0.39 is 0 Å². The Morgan fingerprint density at radius 2 is 0.534 bits per heavy atom. The van der Waals surface area contributed by atoms with Crippen molar-refractivity contribution >= 4 is 132 Å². The van der Waals surface area contributed by atoms with Crippen molar-refractivity contribution in [3.8, 4) is 44.5 Å². The minimum atomic E-state index is 0.823. The molecule has 4 nitrogen and oxygen atoms in total. The lowest BCUT2D eigenvalue weighted by molar-refractivity contribution is 0.670. The first-order valence-corrected chi connectivity index (χ1v) is 30.1. The van der Waals surface area contributed by atoms with E-state index in [0.29, 0.717) is 0 Å². The van der Waals surface area contributed by atoms with Gasteiger partial charge in [0.25, 0.3) is 0 Å². The van der Waals surface area contributed by atoms with Crippen molar-refractivity contribution in [2.45, 2.75) is 0 Å². The number of benzene rings is 16. The Balaban J connectivity index is 0.883. The second kappa shape index (κ2) is 20.0. The quantitative estimate of drug-likeness (QED) is 0.128. The topological polar surface area (TPSA) is 32.8 Å². The van der Waals surface area contributed by atoms with Crippen LogP contribution in [0.4, 0.5) is 34.1 Å². The molecule has 0 aliphatic carbocycles. The molecule has 0 saturated heterocycles. The Hall–Kier alpha value is -11.7. The maximum absolute atomic E-state index is 7.42. The average molecular weight is 1120 g/mol. The van der Waals surface area contributed by atoms with Crippen molar-refractivity contribution in [3.05, 3.63) is 315 Å². The third-order valence-corrected chi connectivity index (χ3v) is 18.2. The van der Waals surface area contributed by atoms with E-state index in [1.807, 2.05) is 0 Å². The summed E-state index contributed by atoms with van der Waals surface area (Å²) in [6.07, 6.45) is 0. The van der Waals surface area contributed by atoms with Crippen LogP contribution < -0.4 is 9.80 Å². The molecule has 0 aliphatic rings. The highest BCUT2D eigenvalue weighted by Gasteiger charge is 2.28. The molecule has 0 spiro atoms. The Labute approximate surface area is 507 Å². The number of rotatable bonds is 10. The van der Waals surface area contributed by atoms with Crippen LogP contribution in [0.25, 0.3) is 142 Å². The van der Waals surface area contributed by atoms with E-state index in [1.165, 1.54) is 32.7 Å². The number of fused-ring (bicyclic) bond motifs is 10. The molecule has 0 amide bonds. The lowest BCUT2D eigenvalue weighted by Gasteiger charge is -2.29. The second-order valence-electron chi connectivity index (χ2n) is 23.0. The molecule has 18 aromatic rings. The van der Waals surface area contributed by atoms with Crippen LogP contribution in [0, 0.1) is 0 Å². The predicted molar refractivity (Wildman–Crippen MR) is 371 cm³/mol. The van der Waals surface area contributed by atoms with Crippen LogP contribution in [0.15, 0.2) is 324 Å². The maximum Gasteiger partial charge on any atom is 0.159 e. The fourth-order valence-electron chi connectivity index (χ4n) is 14.1. The molecule has 0 fully saturated rings. The highest BCUT2D eigenvalue weighted by atomic mass is 16.3. The normalized spacial score (nSPS) is 11.9. The Kier molecular flexibility index (Phi) is 11.3. The second-order valence-corrected chi connectivity index (χ2v) is 23.0. The van der Waals surface area contributed by atoms with Gasteiger partial charge in [-0.1, -0.05) is 255 Å². The van der Waals surface area contributed by atoms with Gasteiger partial charge in [0.05, 0.1) is 22.7 Å². The summed E-state index contributed by atoms with van der Waals surface area (Å²) < 4.78 is 14.8. The number of hydrogen-bond acceptors (Lipinski definition) is 4. The maximum atomic E-state index is 7.42. The number of furan rings is 2. The molecule has 0 radical (unpaired) electrons. The number of hydrogen-bond donors (Lipinski definition) is 0. The number of para-hydroxylation sites is 2. The molecule has 0 bridgehead atoms. The first-order valence-electron chi connectivity index (χ1n) is 30.1. The molecule has 0 N–H and O–H groups in total. The summed E-state index contributed by atoms with van der Waals surface area (Å²) in [7, 11) is 0. The molecule has 88 heavy (non-hydrogen) atoms. The van der Waals surface area contributed by atoms with Gasteiger partial charge in [0.15, 0.2) is 11.2 Å². The van der Waals surface area contributed by atoms with Crippen molar-refractivity contribution in [2.75, 3.05) is 9.80 Å². The standard InChI is InChI=1S/C84H52N2O2/c1-5-19-53(20-6-1)55-35-43-63(44-36-55)85(75-33-17-31-69-79-65-29-15-13-27-61(65)51-71(83(79)87-81(69)75)57-23-9-3-10-24-57)73-49-41-59-40-48-68-74(50-42-60-39-47-67(73)77(59)78(60)68)86(64-45-37-56(38-46-64)54-21-7-2-8-22-54)76-34-18-32-70-80-66-30-16-14-28-62(66)52-72(84(80)88-82(70)76)58-25-11-4-12-26-58/h1-52H. The molecule has 2 aromatic heterocycles. The van der Waals surface area contributed by atoms with Crippen LogP contribution >= 0.6 is 0 Å². The summed E-state index contributed by atoms with van der Waals surface area (Å²) >= 11 is 0. The zero-order valence-electron chi connectivity index (χ0n) is 47.7. The molecular formula is C84H52N2O2. The van der Waals surface area contributed by atoms with Gasteiger partial charge >= 0.3 is 0 Å². The lowest BCUT2D eigenvalue weighted by Crippen LogP contribution is -2.12. The molecule has 4 heteroatoms. The van der Waals surface area contributed by atoms with Gasteiger partial charge in [-0.15, -0.1) is 0 Å². The summed E-state index contributed by atoms with van der Waals surface area (Å²) in [6, 6.07) is 114. The van der Waals surface area contributed by atoms with E-state index in [2.05, 4.69) is 325 Å². The summed E-state index contributed by atoms with van der Waals surface area (Å²) in [4.78, 5) is 4.85. The van der Waals surface area contributed by atoms with E-state index in [4.69, 9.17) is 8.83 Å². The van der Waals surface area contributed by atoms with Gasteiger partial charge in [-0.2, -0.15) is 0 Å². The van der Waals surface area contributed by atoms with E-state index >= 15 is 0 Å². The minimum Gasteiger partial charge on any atom is -0.453 e. The third-order valence-electron chi connectivity index (χ3n) is 18.2. The van der Waals surface area contributed by atoms with Gasteiger partial charge < -0.3 is 18.6 Å². The third kappa shape index (κ3) is 7.79. The zero-order valence-corrected chi connectivity index (χ0v) is 47.7. The molecule has 2 heterocycles. The van der Waals surface area contributed by atoms with Crippen molar-refractivity contribution in [3.63, 3.8) is 0 Å². The lowest BCUT2D eigenvalue weighted by atomic mass is 9.91. The molecule has 0 unspecified atom stereocenters. The number of nitrogens with zero attached hydrogens (tertiary/aromatic N) is 2. The monoisotopic (exact) mass is 1120 g/mol.